The van der Waals surface area contributed by atoms with Gasteiger partial charge in [-0.3, -0.25) is 4.98 Å². The predicted molar refractivity (Wildman–Crippen MR) is 130 cm³/mol. The maximum absolute atomic E-state index is 9.14. The first-order valence-corrected chi connectivity index (χ1v) is 11.8. The monoisotopic (exact) mass is 459 g/mol. The molecule has 0 bridgehead atoms. The molecule has 5 heterocycles. The highest BCUT2D eigenvalue weighted by atomic mass is 32.1. The Labute approximate surface area is 195 Å². The number of pyridine rings is 1. The van der Waals surface area contributed by atoms with Gasteiger partial charge in [0.2, 0.25) is 5.13 Å². The number of aromatic nitrogens is 5. The molecule has 1 fully saturated rings. The highest BCUT2D eigenvalue weighted by molar-refractivity contribution is 7.18. The van der Waals surface area contributed by atoms with Gasteiger partial charge in [0.1, 0.15) is 6.07 Å². The molecular formula is C23H25N9S. The minimum Gasteiger partial charge on any atom is -0.382 e. The van der Waals surface area contributed by atoms with Crippen molar-refractivity contribution in [2.45, 2.75) is 38.8 Å². The number of rotatable bonds is 5. The van der Waals surface area contributed by atoms with Gasteiger partial charge in [0.25, 0.3) is 0 Å². The van der Waals surface area contributed by atoms with Crippen molar-refractivity contribution < 1.29 is 0 Å². The van der Waals surface area contributed by atoms with Crippen LogP contribution in [0.2, 0.25) is 0 Å². The number of piperidine rings is 1. The maximum Gasteiger partial charge on any atom is 0.208 e. The first-order chi connectivity index (χ1) is 16.0. The Morgan fingerprint density at radius 3 is 2.76 bits per heavy atom. The van der Waals surface area contributed by atoms with E-state index in [1.807, 2.05) is 30.5 Å². The van der Waals surface area contributed by atoms with E-state index in [9.17, 15) is 0 Å². The van der Waals surface area contributed by atoms with E-state index in [-0.39, 0.29) is 12.1 Å². The topological polar surface area (TPSA) is 121 Å². The molecule has 1 aliphatic heterocycles. The number of nitrogens with one attached hydrogen (secondary N) is 1. The number of nitrogens with two attached hydrogens (primary N) is 1. The van der Waals surface area contributed by atoms with Gasteiger partial charge >= 0.3 is 0 Å². The first-order valence-electron chi connectivity index (χ1n) is 11.0. The number of hydrogen-bond acceptors (Lipinski definition) is 9. The Morgan fingerprint density at radius 1 is 1.18 bits per heavy atom. The van der Waals surface area contributed by atoms with Crippen molar-refractivity contribution in [1.82, 2.24) is 24.8 Å². The molecule has 0 saturated carbocycles. The van der Waals surface area contributed by atoms with Crippen molar-refractivity contribution in [2.75, 3.05) is 23.3 Å². The van der Waals surface area contributed by atoms with Crippen LogP contribution in [-0.2, 0) is 0 Å². The van der Waals surface area contributed by atoms with Crippen LogP contribution in [-0.4, -0.2) is 50.0 Å². The van der Waals surface area contributed by atoms with Gasteiger partial charge in [0.15, 0.2) is 5.01 Å². The van der Waals surface area contributed by atoms with Gasteiger partial charge in [-0.05, 0) is 51.0 Å². The molecule has 0 unspecified atom stereocenters. The lowest BCUT2D eigenvalue weighted by Crippen LogP contribution is -2.39. The molecule has 0 aliphatic carbocycles. The maximum atomic E-state index is 9.14. The van der Waals surface area contributed by atoms with E-state index < -0.39 is 0 Å². The highest BCUT2D eigenvalue weighted by Crippen LogP contribution is 2.36. The summed E-state index contributed by atoms with van der Waals surface area (Å²) < 4.78 is 1.80. The third-order valence-electron chi connectivity index (χ3n) is 5.69. The second kappa shape index (κ2) is 8.77. The quantitative estimate of drug-likeness (QED) is 0.465. The van der Waals surface area contributed by atoms with Crippen LogP contribution in [0.1, 0.15) is 32.3 Å². The van der Waals surface area contributed by atoms with Gasteiger partial charge in [-0.15, -0.1) is 10.2 Å². The lowest BCUT2D eigenvalue weighted by molar-refractivity contribution is 0.500. The molecule has 0 aromatic carbocycles. The molecule has 1 saturated heterocycles. The van der Waals surface area contributed by atoms with Crippen LogP contribution >= 0.6 is 11.3 Å². The molecule has 33 heavy (non-hydrogen) atoms. The smallest absolute Gasteiger partial charge is 0.208 e. The van der Waals surface area contributed by atoms with E-state index in [4.69, 9.17) is 16.0 Å². The van der Waals surface area contributed by atoms with Gasteiger partial charge in [0.05, 0.1) is 34.2 Å². The molecule has 4 aromatic rings. The summed E-state index contributed by atoms with van der Waals surface area (Å²) in [6.07, 6.45) is 5.36. The molecular weight excluding hydrogens is 434 g/mol. The Kier molecular flexibility index (Phi) is 5.66. The van der Waals surface area contributed by atoms with Gasteiger partial charge in [-0.1, -0.05) is 11.3 Å². The van der Waals surface area contributed by atoms with Crippen LogP contribution < -0.4 is 16.0 Å². The lowest BCUT2D eigenvalue weighted by Gasteiger charge is -2.29. The Bertz CT molecular complexity index is 1330. The highest BCUT2D eigenvalue weighted by Gasteiger charge is 2.21. The number of hydrogen-bond donors (Lipinski definition) is 2. The second-order valence-corrected chi connectivity index (χ2v) is 9.50. The summed E-state index contributed by atoms with van der Waals surface area (Å²) in [5.74, 6) is 0. The fourth-order valence-electron chi connectivity index (χ4n) is 3.99. The van der Waals surface area contributed by atoms with Crippen molar-refractivity contribution in [3.05, 3.63) is 42.2 Å². The fraction of sp³-hybridized carbons (Fsp3) is 0.348. The number of nitriles is 1. The number of anilines is 2. The zero-order valence-electron chi connectivity index (χ0n) is 18.6. The van der Waals surface area contributed by atoms with E-state index in [2.05, 4.69) is 45.4 Å². The molecule has 3 N–H and O–H groups in total. The second-order valence-electron chi connectivity index (χ2n) is 8.54. The molecule has 4 aromatic heterocycles. The van der Waals surface area contributed by atoms with Gasteiger partial charge in [-0.25, -0.2) is 4.52 Å². The average molecular weight is 460 g/mol. The number of fused-ring (bicyclic) bond motifs is 1. The van der Waals surface area contributed by atoms with Gasteiger partial charge in [-0.2, -0.15) is 10.4 Å². The van der Waals surface area contributed by atoms with Crippen molar-refractivity contribution in [1.29, 1.82) is 5.26 Å². The van der Waals surface area contributed by atoms with Gasteiger partial charge < -0.3 is 16.0 Å². The van der Waals surface area contributed by atoms with E-state index >= 15 is 0 Å². The summed E-state index contributed by atoms with van der Waals surface area (Å²) in [5.41, 5.74) is 10.9. The minimum absolute atomic E-state index is 0.232. The predicted octanol–water partition coefficient (Wildman–Crippen LogP) is 3.53. The fourth-order valence-corrected chi connectivity index (χ4v) is 4.91. The normalized spacial score (nSPS) is 14.7. The van der Waals surface area contributed by atoms with Crippen LogP contribution in [0.3, 0.4) is 0 Å². The molecule has 5 rings (SSSR count). The Balaban J connectivity index is 1.50. The third kappa shape index (κ3) is 4.25. The molecule has 0 atom stereocenters. The molecule has 0 spiro atoms. The molecule has 168 valence electrons. The number of nitrogens with zero attached hydrogens (tertiary/aromatic N) is 7. The molecule has 0 radical (unpaired) electrons. The summed E-state index contributed by atoms with van der Waals surface area (Å²) in [6, 6.07) is 10.4. The van der Waals surface area contributed by atoms with Crippen molar-refractivity contribution in [3.63, 3.8) is 0 Å². The van der Waals surface area contributed by atoms with Crippen molar-refractivity contribution in [3.8, 4) is 28.0 Å². The average Bonchev–Trinajstić information content (AvgIpc) is 3.46. The largest absolute Gasteiger partial charge is 0.382 e. The SMILES string of the molecule is CC(C)Nc1cc(-c2ccc3cc(C#N)cnn23)ncc1-c1nnc(N2CCC(N)CC2)s1. The van der Waals surface area contributed by atoms with Crippen LogP contribution in [0, 0.1) is 11.3 Å². The van der Waals surface area contributed by atoms with E-state index in [0.29, 0.717) is 5.56 Å². The van der Waals surface area contributed by atoms with Crippen LogP contribution in [0.4, 0.5) is 10.8 Å². The molecule has 9 nitrogen and oxygen atoms in total. The summed E-state index contributed by atoms with van der Waals surface area (Å²) in [6.45, 7) is 6.02. The Morgan fingerprint density at radius 2 is 2.00 bits per heavy atom. The van der Waals surface area contributed by atoms with Crippen molar-refractivity contribution in [2.24, 2.45) is 5.73 Å². The zero-order valence-corrected chi connectivity index (χ0v) is 19.4. The van der Waals surface area contributed by atoms with E-state index in [1.165, 1.54) is 0 Å². The van der Waals surface area contributed by atoms with E-state index in [1.54, 1.807) is 22.0 Å². The summed E-state index contributed by atoms with van der Waals surface area (Å²) >= 11 is 1.58. The first kappa shape index (κ1) is 21.3. The van der Waals surface area contributed by atoms with Crippen LogP contribution in [0.25, 0.3) is 27.5 Å². The third-order valence-corrected chi connectivity index (χ3v) is 6.71. The van der Waals surface area contributed by atoms with Crippen LogP contribution in [0.5, 0.6) is 0 Å². The Hall–Kier alpha value is -3.55. The molecule has 1 aliphatic rings. The standard InChI is InChI=1S/C23H25N9S/c1-14(2)28-19-10-20(21-4-3-17-9-15(11-24)12-27-32(17)21)26-13-18(19)22-29-30-23(33-22)31-7-5-16(25)6-8-31/h3-4,9-10,12-14,16H,5-8,25H2,1-2H3,(H,26,28). The zero-order chi connectivity index (χ0) is 22.9. The van der Waals surface area contributed by atoms with Crippen molar-refractivity contribution >= 4 is 27.7 Å². The molecule has 10 heteroatoms. The summed E-state index contributed by atoms with van der Waals surface area (Å²) in [5, 5.41) is 27.8. The lowest BCUT2D eigenvalue weighted by atomic mass is 10.1. The molecule has 0 amide bonds. The summed E-state index contributed by atoms with van der Waals surface area (Å²) in [7, 11) is 0. The summed E-state index contributed by atoms with van der Waals surface area (Å²) in [4.78, 5) is 6.99. The van der Waals surface area contributed by atoms with Crippen LogP contribution in [0.15, 0.2) is 36.7 Å². The van der Waals surface area contributed by atoms with Gasteiger partial charge in [0, 0.05) is 37.1 Å². The minimum atomic E-state index is 0.232. The van der Waals surface area contributed by atoms with E-state index in [0.717, 1.165) is 64.2 Å².